The summed E-state index contributed by atoms with van der Waals surface area (Å²) in [5, 5.41) is 0. The summed E-state index contributed by atoms with van der Waals surface area (Å²) in [6.45, 7) is 2.25. The third-order valence-corrected chi connectivity index (χ3v) is 7.62. The second-order valence-electron chi connectivity index (χ2n) is 9.10. The zero-order valence-corrected chi connectivity index (χ0v) is 17.0. The van der Waals surface area contributed by atoms with Gasteiger partial charge in [-0.05, 0) is 86.8 Å². The number of carbonyl (C=O) groups excluding carboxylic acids is 1. The molecule has 5 rings (SSSR count). The number of para-hydroxylation sites is 1. The number of benzene rings is 2. The molecule has 3 fully saturated rings. The predicted molar refractivity (Wildman–Crippen MR) is 113 cm³/mol. The van der Waals surface area contributed by atoms with Crippen molar-refractivity contribution in [1.29, 1.82) is 0 Å². The first kappa shape index (κ1) is 18.6. The molecule has 150 valence electrons. The van der Waals surface area contributed by atoms with Crippen molar-refractivity contribution in [3.63, 3.8) is 0 Å². The number of ketones is 1. The molecule has 1 spiro atoms. The van der Waals surface area contributed by atoms with Crippen molar-refractivity contribution in [3.8, 4) is 11.5 Å². The van der Waals surface area contributed by atoms with E-state index in [-0.39, 0.29) is 11.4 Å². The molecular formula is C26H28O3. The van der Waals surface area contributed by atoms with E-state index in [0.29, 0.717) is 17.4 Å². The van der Waals surface area contributed by atoms with Crippen LogP contribution in [-0.2, 0) is 16.1 Å². The number of hydrogen-bond acceptors (Lipinski definition) is 3. The van der Waals surface area contributed by atoms with Crippen LogP contribution in [0, 0.1) is 10.8 Å². The average molecular weight is 389 g/mol. The molecular weight excluding hydrogens is 360 g/mol. The minimum atomic E-state index is 0.0490. The molecule has 3 saturated carbocycles. The van der Waals surface area contributed by atoms with Crippen molar-refractivity contribution in [2.75, 3.05) is 0 Å². The maximum absolute atomic E-state index is 11.2. The summed E-state index contributed by atoms with van der Waals surface area (Å²) in [4.78, 5) is 11.2. The van der Waals surface area contributed by atoms with Crippen molar-refractivity contribution < 1.29 is 14.3 Å². The molecule has 0 amide bonds. The van der Waals surface area contributed by atoms with Crippen LogP contribution in [0.2, 0.25) is 0 Å². The van der Waals surface area contributed by atoms with E-state index in [0.717, 1.165) is 29.9 Å². The Bertz CT molecular complexity index is 945. The van der Waals surface area contributed by atoms with E-state index in [1.54, 1.807) is 13.0 Å². The van der Waals surface area contributed by atoms with Crippen molar-refractivity contribution in [1.82, 2.24) is 0 Å². The number of rotatable bonds is 8. The van der Waals surface area contributed by atoms with Crippen LogP contribution in [0.1, 0.15) is 51.0 Å². The lowest BCUT2D eigenvalue weighted by atomic mass is 9.65. The fraction of sp³-hybridized carbons (Fsp3) is 0.423. The first-order chi connectivity index (χ1) is 14.1. The van der Waals surface area contributed by atoms with Gasteiger partial charge < -0.3 is 9.47 Å². The van der Waals surface area contributed by atoms with Crippen molar-refractivity contribution in [3.05, 3.63) is 72.3 Å². The third kappa shape index (κ3) is 3.03. The van der Waals surface area contributed by atoms with Crippen LogP contribution < -0.4 is 4.74 Å². The molecule has 0 radical (unpaired) electrons. The summed E-state index contributed by atoms with van der Waals surface area (Å²) in [6, 6.07) is 18.1. The fourth-order valence-corrected chi connectivity index (χ4v) is 6.02. The minimum absolute atomic E-state index is 0.0490. The fourth-order valence-electron chi connectivity index (χ4n) is 6.02. The van der Waals surface area contributed by atoms with Gasteiger partial charge in [0.1, 0.15) is 11.5 Å². The summed E-state index contributed by atoms with van der Waals surface area (Å²) in [7, 11) is 0. The van der Waals surface area contributed by atoms with Gasteiger partial charge in [-0.3, -0.25) is 4.79 Å². The van der Waals surface area contributed by atoms with Crippen LogP contribution in [0.25, 0.3) is 0 Å². The first-order valence-corrected chi connectivity index (χ1v) is 10.7. The van der Waals surface area contributed by atoms with E-state index in [1.807, 2.05) is 42.5 Å². The first-order valence-electron chi connectivity index (χ1n) is 10.7. The highest BCUT2D eigenvalue weighted by Crippen LogP contribution is 2.87. The predicted octanol–water partition coefficient (Wildman–Crippen LogP) is 6.23. The molecule has 0 N–H and O–H groups in total. The third-order valence-electron chi connectivity index (χ3n) is 7.62. The molecule has 2 aromatic carbocycles. The van der Waals surface area contributed by atoms with Crippen molar-refractivity contribution in [2.24, 2.45) is 10.8 Å². The number of allylic oxidation sites excluding steroid dienone is 2. The zero-order chi connectivity index (χ0) is 20.0. The van der Waals surface area contributed by atoms with Gasteiger partial charge in [-0.25, -0.2) is 0 Å². The number of ether oxygens (including phenoxy) is 2. The molecule has 3 unspecified atom stereocenters. The lowest BCUT2D eigenvalue weighted by Crippen LogP contribution is -2.49. The standard InChI is InChI=1S/C26H28O3/c1-20(27)7-6-12-24-13-15-26(16-14-25(24,26)19-24)28-18-21-8-5-11-23(17-21)29-22-9-3-2-4-10-22/h2-11,17H,12-16,18-19H2,1H3/b7-6+. The van der Waals surface area contributed by atoms with Crippen LogP contribution in [0.3, 0.4) is 0 Å². The van der Waals surface area contributed by atoms with Crippen LogP contribution >= 0.6 is 0 Å². The lowest BCUT2D eigenvalue weighted by molar-refractivity contribution is -0.163. The van der Waals surface area contributed by atoms with Gasteiger partial charge in [-0.15, -0.1) is 0 Å². The smallest absolute Gasteiger partial charge is 0.152 e. The summed E-state index contributed by atoms with van der Waals surface area (Å²) in [5.41, 5.74) is 1.95. The normalized spacial score (nSPS) is 31.8. The summed E-state index contributed by atoms with van der Waals surface area (Å²) in [6.07, 6.45) is 10.9. The molecule has 3 nitrogen and oxygen atoms in total. The van der Waals surface area contributed by atoms with E-state index in [9.17, 15) is 4.79 Å². The maximum atomic E-state index is 11.2. The topological polar surface area (TPSA) is 35.5 Å². The maximum Gasteiger partial charge on any atom is 0.152 e. The van der Waals surface area contributed by atoms with Gasteiger partial charge >= 0.3 is 0 Å². The van der Waals surface area contributed by atoms with Crippen LogP contribution in [0.15, 0.2) is 66.7 Å². The van der Waals surface area contributed by atoms with E-state index in [2.05, 4.69) is 18.2 Å². The lowest BCUT2D eigenvalue weighted by Gasteiger charge is -2.49. The highest BCUT2D eigenvalue weighted by atomic mass is 16.5. The highest BCUT2D eigenvalue weighted by Gasteiger charge is 2.83. The Balaban J connectivity index is 1.24. The van der Waals surface area contributed by atoms with Gasteiger partial charge in [0.2, 0.25) is 0 Å². The quantitative estimate of drug-likeness (QED) is 0.503. The highest BCUT2D eigenvalue weighted by molar-refractivity contribution is 5.87. The monoisotopic (exact) mass is 388 g/mol. The van der Waals surface area contributed by atoms with Gasteiger partial charge in [-0.2, -0.15) is 0 Å². The van der Waals surface area contributed by atoms with Crippen LogP contribution in [-0.4, -0.2) is 11.4 Å². The van der Waals surface area contributed by atoms with E-state index in [1.165, 1.54) is 25.7 Å². The Morgan fingerprint density at radius 1 is 1.00 bits per heavy atom. The Morgan fingerprint density at radius 3 is 2.55 bits per heavy atom. The molecule has 0 heterocycles. The molecule has 0 saturated heterocycles. The molecule has 0 aromatic heterocycles. The minimum Gasteiger partial charge on any atom is -0.457 e. The van der Waals surface area contributed by atoms with Crippen molar-refractivity contribution >= 4 is 5.78 Å². The largest absolute Gasteiger partial charge is 0.457 e. The van der Waals surface area contributed by atoms with Gasteiger partial charge in [0.05, 0.1) is 12.2 Å². The van der Waals surface area contributed by atoms with E-state index < -0.39 is 0 Å². The van der Waals surface area contributed by atoms with E-state index >= 15 is 0 Å². The summed E-state index contributed by atoms with van der Waals surface area (Å²) >= 11 is 0. The molecule has 29 heavy (non-hydrogen) atoms. The molecule has 3 heteroatoms. The van der Waals surface area contributed by atoms with Gasteiger partial charge in [0, 0.05) is 5.41 Å². The van der Waals surface area contributed by atoms with Gasteiger partial charge in [-0.1, -0.05) is 36.4 Å². The summed E-state index contributed by atoms with van der Waals surface area (Å²) in [5.74, 6) is 1.83. The summed E-state index contributed by atoms with van der Waals surface area (Å²) < 4.78 is 12.6. The molecule has 2 aromatic rings. The average Bonchev–Trinajstić information content (AvgIpc) is 3.36. The van der Waals surface area contributed by atoms with Crippen LogP contribution in [0.5, 0.6) is 11.5 Å². The van der Waals surface area contributed by atoms with Gasteiger partial charge in [0.25, 0.3) is 0 Å². The second-order valence-corrected chi connectivity index (χ2v) is 9.10. The number of hydrogen-bond donors (Lipinski definition) is 0. The molecule has 0 bridgehead atoms. The van der Waals surface area contributed by atoms with Crippen molar-refractivity contribution in [2.45, 2.75) is 57.7 Å². The number of carbonyl (C=O) groups is 1. The van der Waals surface area contributed by atoms with Gasteiger partial charge in [0.15, 0.2) is 5.78 Å². The SMILES string of the molecule is CC(=O)/C=C/CC12CCC3(OCc4cccc(Oc5ccccc5)c4)CCC13C2. The van der Waals surface area contributed by atoms with E-state index in [4.69, 9.17) is 9.47 Å². The zero-order valence-electron chi connectivity index (χ0n) is 17.0. The Morgan fingerprint density at radius 2 is 1.79 bits per heavy atom. The molecule has 3 aliphatic carbocycles. The molecule has 0 aliphatic heterocycles. The van der Waals surface area contributed by atoms with Crippen LogP contribution in [0.4, 0.5) is 0 Å². The Hall–Kier alpha value is -2.39. The molecule has 3 atom stereocenters. The Labute approximate surface area is 172 Å². The Kier molecular flexibility index (Phi) is 4.40. The second kappa shape index (κ2) is 6.84. The molecule has 3 aliphatic rings.